The second-order valence-electron chi connectivity index (χ2n) is 7.75. The van der Waals surface area contributed by atoms with Gasteiger partial charge in [0.05, 0.1) is 0 Å². The molecule has 1 aliphatic carbocycles. The van der Waals surface area contributed by atoms with Crippen LogP contribution >= 0.6 is 0 Å². The van der Waals surface area contributed by atoms with Crippen molar-refractivity contribution in [3.63, 3.8) is 0 Å². The summed E-state index contributed by atoms with van der Waals surface area (Å²) in [6, 6.07) is 22.1. The predicted molar refractivity (Wildman–Crippen MR) is 104 cm³/mol. The topological polar surface area (TPSA) is 0 Å². The van der Waals surface area contributed by atoms with Gasteiger partial charge in [-0.3, -0.25) is 0 Å². The summed E-state index contributed by atoms with van der Waals surface area (Å²) in [6.45, 7) is 9.42. The van der Waals surface area contributed by atoms with Gasteiger partial charge in [0.15, 0.2) is 0 Å². The molecule has 0 saturated heterocycles. The Morgan fingerprint density at radius 2 is 1.29 bits per heavy atom. The van der Waals surface area contributed by atoms with Gasteiger partial charge in [0.1, 0.15) is 0 Å². The summed E-state index contributed by atoms with van der Waals surface area (Å²) < 4.78 is 0. The molecule has 124 valence electrons. The van der Waals surface area contributed by atoms with Crippen molar-refractivity contribution in [2.24, 2.45) is 11.3 Å². The van der Waals surface area contributed by atoms with E-state index in [0.717, 1.165) is 6.42 Å². The summed E-state index contributed by atoms with van der Waals surface area (Å²) >= 11 is 0. The van der Waals surface area contributed by atoms with Crippen LogP contribution in [0.15, 0.2) is 84.5 Å². The van der Waals surface area contributed by atoms with Crippen LogP contribution in [0.2, 0.25) is 0 Å². The second kappa shape index (κ2) is 6.43. The number of hydrogen-bond donors (Lipinski definition) is 0. The number of benzene rings is 2. The van der Waals surface area contributed by atoms with Crippen LogP contribution in [0.4, 0.5) is 0 Å². The lowest BCUT2D eigenvalue weighted by atomic mass is 9.52. The highest BCUT2D eigenvalue weighted by atomic mass is 14.5. The zero-order chi connectivity index (χ0) is 17.2. The van der Waals surface area contributed by atoms with Crippen LogP contribution in [0.5, 0.6) is 0 Å². The van der Waals surface area contributed by atoms with Crippen LogP contribution in [0, 0.1) is 11.3 Å². The molecule has 0 aliphatic heterocycles. The molecule has 0 radical (unpaired) electrons. The highest BCUT2D eigenvalue weighted by Gasteiger charge is 2.50. The normalized spacial score (nSPS) is 17.8. The molecule has 0 saturated carbocycles. The Morgan fingerprint density at radius 3 is 1.71 bits per heavy atom. The summed E-state index contributed by atoms with van der Waals surface area (Å²) in [5, 5.41) is 0. The molecule has 0 amide bonds. The third kappa shape index (κ3) is 2.55. The van der Waals surface area contributed by atoms with Crippen LogP contribution in [-0.2, 0) is 5.41 Å². The van der Waals surface area contributed by atoms with Gasteiger partial charge in [0, 0.05) is 11.3 Å². The second-order valence-corrected chi connectivity index (χ2v) is 7.75. The molecular weight excluding hydrogens is 288 g/mol. The standard InChI is InChI=1S/C24H28/c1-5-19-13-12-18-22(19)24(23(2,3)4,20-14-8-6-9-15-20)21-16-10-7-11-17-21/h6-18,22H,5H2,1-4H3. The summed E-state index contributed by atoms with van der Waals surface area (Å²) in [6.07, 6.45) is 8.06. The fourth-order valence-corrected chi connectivity index (χ4v) is 4.54. The van der Waals surface area contributed by atoms with Crippen LogP contribution in [0.1, 0.15) is 45.2 Å². The quantitative estimate of drug-likeness (QED) is 0.600. The molecule has 24 heavy (non-hydrogen) atoms. The first-order valence-corrected chi connectivity index (χ1v) is 9.00. The fraction of sp³-hybridized carbons (Fsp3) is 0.333. The van der Waals surface area contributed by atoms with E-state index >= 15 is 0 Å². The summed E-state index contributed by atoms with van der Waals surface area (Å²) in [7, 11) is 0. The van der Waals surface area contributed by atoms with Gasteiger partial charge in [-0.1, -0.05) is 112 Å². The Kier molecular flexibility index (Phi) is 4.49. The maximum atomic E-state index is 2.41. The molecule has 1 aliphatic rings. The van der Waals surface area contributed by atoms with Gasteiger partial charge in [0.25, 0.3) is 0 Å². The summed E-state index contributed by atoms with van der Waals surface area (Å²) in [4.78, 5) is 0. The zero-order valence-corrected chi connectivity index (χ0v) is 15.3. The van der Waals surface area contributed by atoms with Crippen LogP contribution in [0.25, 0.3) is 0 Å². The van der Waals surface area contributed by atoms with Gasteiger partial charge >= 0.3 is 0 Å². The molecule has 0 nitrogen and oxygen atoms in total. The molecule has 0 heteroatoms. The van der Waals surface area contributed by atoms with Crippen molar-refractivity contribution in [1.29, 1.82) is 0 Å². The monoisotopic (exact) mass is 316 g/mol. The zero-order valence-electron chi connectivity index (χ0n) is 15.3. The highest BCUT2D eigenvalue weighted by molar-refractivity contribution is 5.49. The van der Waals surface area contributed by atoms with Crippen LogP contribution in [0.3, 0.4) is 0 Å². The lowest BCUT2D eigenvalue weighted by molar-refractivity contribution is 0.188. The maximum absolute atomic E-state index is 2.41. The molecule has 0 bridgehead atoms. The van der Waals surface area contributed by atoms with E-state index in [0.29, 0.717) is 5.92 Å². The first-order valence-electron chi connectivity index (χ1n) is 9.00. The number of hydrogen-bond acceptors (Lipinski definition) is 0. The van der Waals surface area contributed by atoms with E-state index in [1.165, 1.54) is 16.7 Å². The molecule has 2 aromatic rings. The smallest absolute Gasteiger partial charge is 0.0351 e. The fourth-order valence-electron chi connectivity index (χ4n) is 4.54. The number of allylic oxidation sites excluding steroid dienone is 4. The number of rotatable bonds is 4. The van der Waals surface area contributed by atoms with Gasteiger partial charge in [-0.2, -0.15) is 0 Å². The lowest BCUT2D eigenvalue weighted by Gasteiger charge is -2.50. The van der Waals surface area contributed by atoms with Gasteiger partial charge < -0.3 is 0 Å². The van der Waals surface area contributed by atoms with Crippen molar-refractivity contribution in [2.75, 3.05) is 0 Å². The van der Waals surface area contributed by atoms with E-state index in [9.17, 15) is 0 Å². The molecule has 0 N–H and O–H groups in total. The molecule has 0 heterocycles. The Bertz CT molecular complexity index is 687. The molecule has 3 rings (SSSR count). The molecule has 0 aromatic heterocycles. The molecular formula is C24H28. The third-order valence-electron chi connectivity index (χ3n) is 5.53. The summed E-state index contributed by atoms with van der Waals surface area (Å²) in [5.41, 5.74) is 4.32. The highest BCUT2D eigenvalue weighted by Crippen LogP contribution is 2.55. The van der Waals surface area contributed by atoms with Crippen molar-refractivity contribution in [1.82, 2.24) is 0 Å². The Morgan fingerprint density at radius 1 is 0.792 bits per heavy atom. The van der Waals surface area contributed by atoms with E-state index < -0.39 is 0 Å². The van der Waals surface area contributed by atoms with Gasteiger partial charge in [-0.25, -0.2) is 0 Å². The summed E-state index contributed by atoms with van der Waals surface area (Å²) in [5.74, 6) is 0.396. The first kappa shape index (κ1) is 16.8. The van der Waals surface area contributed by atoms with Crippen molar-refractivity contribution in [3.05, 3.63) is 95.6 Å². The van der Waals surface area contributed by atoms with E-state index in [-0.39, 0.29) is 10.8 Å². The van der Waals surface area contributed by atoms with E-state index in [1.807, 2.05) is 0 Å². The Labute approximate surface area is 146 Å². The SMILES string of the molecule is CCC1=CC=CC1C(c1ccccc1)(c1ccccc1)C(C)(C)C. The first-order chi connectivity index (χ1) is 11.5. The van der Waals surface area contributed by atoms with E-state index in [4.69, 9.17) is 0 Å². The van der Waals surface area contributed by atoms with Gasteiger partial charge in [-0.05, 0) is 23.0 Å². The van der Waals surface area contributed by atoms with Crippen molar-refractivity contribution < 1.29 is 0 Å². The molecule has 1 atom stereocenters. The minimum Gasteiger partial charge on any atom is -0.0761 e. The van der Waals surface area contributed by atoms with Crippen LogP contribution < -0.4 is 0 Å². The Hall–Kier alpha value is -2.08. The Balaban J connectivity index is 2.35. The largest absolute Gasteiger partial charge is 0.0761 e. The third-order valence-corrected chi connectivity index (χ3v) is 5.53. The van der Waals surface area contributed by atoms with Crippen LogP contribution in [-0.4, -0.2) is 0 Å². The van der Waals surface area contributed by atoms with E-state index in [1.54, 1.807) is 0 Å². The van der Waals surface area contributed by atoms with Crippen molar-refractivity contribution in [2.45, 2.75) is 39.5 Å². The minimum absolute atomic E-state index is 0.0727. The van der Waals surface area contributed by atoms with Crippen molar-refractivity contribution in [3.8, 4) is 0 Å². The lowest BCUT2D eigenvalue weighted by Crippen LogP contribution is -2.47. The molecule has 2 aromatic carbocycles. The molecule has 0 fully saturated rings. The average molecular weight is 316 g/mol. The van der Waals surface area contributed by atoms with Gasteiger partial charge in [-0.15, -0.1) is 0 Å². The van der Waals surface area contributed by atoms with E-state index in [2.05, 4.69) is 107 Å². The minimum atomic E-state index is -0.0790. The van der Waals surface area contributed by atoms with Gasteiger partial charge in [0.2, 0.25) is 0 Å². The molecule has 1 unspecified atom stereocenters. The maximum Gasteiger partial charge on any atom is 0.0351 e. The predicted octanol–water partition coefficient (Wildman–Crippen LogP) is 6.54. The molecule has 0 spiro atoms. The average Bonchev–Trinajstić information content (AvgIpc) is 3.05. The van der Waals surface area contributed by atoms with Crippen molar-refractivity contribution >= 4 is 0 Å².